The second-order valence-corrected chi connectivity index (χ2v) is 6.60. The molecule has 144 valence electrons. The predicted molar refractivity (Wildman–Crippen MR) is 102 cm³/mol. The van der Waals surface area contributed by atoms with Gasteiger partial charge >= 0.3 is 0 Å². The maximum Gasteiger partial charge on any atom is 0.257 e. The molecule has 1 aliphatic rings. The Morgan fingerprint density at radius 1 is 1.42 bits per heavy atom. The minimum absolute atomic E-state index is 0.0399. The first-order valence-electron chi connectivity index (χ1n) is 9.14. The molecule has 2 rings (SSSR count). The van der Waals surface area contributed by atoms with Gasteiger partial charge in [0.05, 0.1) is 13.7 Å². The van der Waals surface area contributed by atoms with Crippen LogP contribution in [0.3, 0.4) is 0 Å². The van der Waals surface area contributed by atoms with Gasteiger partial charge < -0.3 is 25.4 Å². The molecule has 1 fully saturated rings. The van der Waals surface area contributed by atoms with Crippen LogP contribution in [0, 0.1) is 5.92 Å². The maximum atomic E-state index is 11.5. The maximum absolute atomic E-state index is 11.5. The van der Waals surface area contributed by atoms with E-state index in [1.807, 2.05) is 19.1 Å². The molecule has 0 saturated carbocycles. The Kier molecular flexibility index (Phi) is 7.56. The summed E-state index contributed by atoms with van der Waals surface area (Å²) in [6, 6.07) is 5.57. The fourth-order valence-corrected chi connectivity index (χ4v) is 2.99. The summed E-state index contributed by atoms with van der Waals surface area (Å²) in [6.45, 7) is 7.05. The second-order valence-electron chi connectivity index (χ2n) is 6.60. The molecule has 1 aliphatic heterocycles. The molecule has 3 N–H and O–H groups in total. The number of hydrogen-bond donors (Lipinski definition) is 2. The van der Waals surface area contributed by atoms with Gasteiger partial charge in [0.1, 0.15) is 0 Å². The highest BCUT2D eigenvalue weighted by atomic mass is 16.5. The average Bonchev–Trinajstić information content (AvgIpc) is 2.64. The SMILES string of the molecule is CCNC(=O)COc1ccc(CN=C(N)N2CCCC(C)C2)cc1OC. The van der Waals surface area contributed by atoms with Gasteiger partial charge in [-0.25, -0.2) is 4.99 Å². The van der Waals surface area contributed by atoms with E-state index in [1.165, 1.54) is 6.42 Å². The summed E-state index contributed by atoms with van der Waals surface area (Å²) in [6.07, 6.45) is 2.40. The van der Waals surface area contributed by atoms with Gasteiger partial charge in [-0.05, 0) is 43.4 Å². The van der Waals surface area contributed by atoms with E-state index in [1.54, 1.807) is 13.2 Å². The fraction of sp³-hybridized carbons (Fsp3) is 0.579. The van der Waals surface area contributed by atoms with Crippen LogP contribution in [-0.2, 0) is 11.3 Å². The summed E-state index contributed by atoms with van der Waals surface area (Å²) in [5, 5.41) is 2.69. The van der Waals surface area contributed by atoms with E-state index in [9.17, 15) is 4.79 Å². The van der Waals surface area contributed by atoms with E-state index in [4.69, 9.17) is 15.2 Å². The van der Waals surface area contributed by atoms with Crippen LogP contribution in [0.15, 0.2) is 23.2 Å². The Labute approximate surface area is 155 Å². The first-order chi connectivity index (χ1) is 12.5. The van der Waals surface area contributed by atoms with E-state index in [0.29, 0.717) is 36.5 Å². The van der Waals surface area contributed by atoms with Crippen molar-refractivity contribution in [2.24, 2.45) is 16.6 Å². The highest BCUT2D eigenvalue weighted by molar-refractivity contribution is 5.78. The molecule has 26 heavy (non-hydrogen) atoms. The zero-order chi connectivity index (χ0) is 18.9. The summed E-state index contributed by atoms with van der Waals surface area (Å²) in [5.41, 5.74) is 7.12. The first-order valence-corrected chi connectivity index (χ1v) is 9.14. The van der Waals surface area contributed by atoms with Crippen LogP contribution >= 0.6 is 0 Å². The van der Waals surface area contributed by atoms with Crippen molar-refractivity contribution in [3.8, 4) is 11.5 Å². The highest BCUT2D eigenvalue weighted by Crippen LogP contribution is 2.28. The number of benzene rings is 1. The van der Waals surface area contributed by atoms with Crippen LogP contribution in [0.2, 0.25) is 0 Å². The molecule has 0 aromatic heterocycles. The molecule has 0 radical (unpaired) electrons. The number of guanidine groups is 1. The normalized spacial score (nSPS) is 17.7. The minimum atomic E-state index is -0.160. The lowest BCUT2D eigenvalue weighted by molar-refractivity contribution is -0.123. The molecule has 1 saturated heterocycles. The largest absolute Gasteiger partial charge is 0.493 e. The molecule has 0 aliphatic carbocycles. The summed E-state index contributed by atoms with van der Waals surface area (Å²) >= 11 is 0. The van der Waals surface area contributed by atoms with Crippen molar-refractivity contribution in [2.45, 2.75) is 33.2 Å². The molecule has 0 bridgehead atoms. The summed E-state index contributed by atoms with van der Waals surface area (Å²) in [7, 11) is 1.57. The number of rotatable bonds is 7. The molecule has 1 unspecified atom stereocenters. The van der Waals surface area contributed by atoms with E-state index in [0.717, 1.165) is 25.1 Å². The third kappa shape index (κ3) is 5.82. The fourth-order valence-electron chi connectivity index (χ4n) is 2.99. The zero-order valence-electron chi connectivity index (χ0n) is 16.0. The Hall–Kier alpha value is -2.44. The number of piperidine rings is 1. The third-order valence-corrected chi connectivity index (χ3v) is 4.37. The van der Waals surface area contributed by atoms with E-state index < -0.39 is 0 Å². The molecule has 0 spiro atoms. The molecule has 1 heterocycles. The molecule has 1 amide bonds. The van der Waals surface area contributed by atoms with Gasteiger partial charge in [-0.15, -0.1) is 0 Å². The number of likely N-dealkylation sites (N-methyl/N-ethyl adjacent to an activating group) is 1. The van der Waals surface area contributed by atoms with Gasteiger partial charge in [0.2, 0.25) is 0 Å². The van der Waals surface area contributed by atoms with Crippen molar-refractivity contribution >= 4 is 11.9 Å². The lowest BCUT2D eigenvalue weighted by Crippen LogP contribution is -2.43. The number of aliphatic imine (C=N–C) groups is 1. The quantitative estimate of drug-likeness (QED) is 0.570. The highest BCUT2D eigenvalue weighted by Gasteiger charge is 2.17. The number of carbonyl (C=O) groups is 1. The van der Waals surface area contributed by atoms with Crippen molar-refractivity contribution in [3.05, 3.63) is 23.8 Å². The number of methoxy groups -OCH3 is 1. The van der Waals surface area contributed by atoms with Crippen molar-refractivity contribution in [1.82, 2.24) is 10.2 Å². The van der Waals surface area contributed by atoms with Gasteiger partial charge in [-0.1, -0.05) is 13.0 Å². The number of carbonyl (C=O) groups excluding carboxylic acids is 1. The number of amides is 1. The minimum Gasteiger partial charge on any atom is -0.493 e. The van der Waals surface area contributed by atoms with Gasteiger partial charge in [0.25, 0.3) is 5.91 Å². The van der Waals surface area contributed by atoms with Crippen molar-refractivity contribution in [1.29, 1.82) is 0 Å². The van der Waals surface area contributed by atoms with Gasteiger partial charge in [-0.2, -0.15) is 0 Å². The van der Waals surface area contributed by atoms with Gasteiger partial charge in [-0.3, -0.25) is 4.79 Å². The van der Waals surface area contributed by atoms with Crippen LogP contribution < -0.4 is 20.5 Å². The Balaban J connectivity index is 1.97. The summed E-state index contributed by atoms with van der Waals surface area (Å²) < 4.78 is 10.9. The average molecular weight is 362 g/mol. The van der Waals surface area contributed by atoms with Crippen LogP contribution in [0.5, 0.6) is 11.5 Å². The molecule has 1 atom stereocenters. The van der Waals surface area contributed by atoms with Gasteiger partial charge in [0, 0.05) is 19.6 Å². The smallest absolute Gasteiger partial charge is 0.257 e. The molecule has 7 nitrogen and oxygen atoms in total. The van der Waals surface area contributed by atoms with Crippen molar-refractivity contribution in [2.75, 3.05) is 33.4 Å². The first kappa shape index (κ1) is 19.9. The number of likely N-dealkylation sites (tertiary alicyclic amines) is 1. The van der Waals surface area contributed by atoms with Crippen LogP contribution in [0.25, 0.3) is 0 Å². The lowest BCUT2D eigenvalue weighted by atomic mass is 10.0. The Morgan fingerprint density at radius 3 is 2.92 bits per heavy atom. The van der Waals surface area contributed by atoms with E-state index in [2.05, 4.69) is 22.1 Å². The number of nitrogens with zero attached hydrogens (tertiary/aromatic N) is 2. The van der Waals surface area contributed by atoms with Gasteiger partial charge in [0.15, 0.2) is 24.1 Å². The summed E-state index contributed by atoms with van der Waals surface area (Å²) in [4.78, 5) is 18.2. The molecule has 1 aromatic carbocycles. The standard InChI is InChI=1S/C19H30N4O3/c1-4-21-18(24)13-26-16-8-7-15(10-17(16)25-3)11-22-19(20)23-9-5-6-14(2)12-23/h7-8,10,14H,4-6,9,11-13H2,1-3H3,(H2,20,22)(H,21,24). The third-order valence-electron chi connectivity index (χ3n) is 4.37. The van der Waals surface area contributed by atoms with Crippen LogP contribution in [-0.4, -0.2) is 50.1 Å². The summed E-state index contributed by atoms with van der Waals surface area (Å²) in [5.74, 6) is 2.19. The van der Waals surface area contributed by atoms with Crippen molar-refractivity contribution < 1.29 is 14.3 Å². The zero-order valence-corrected chi connectivity index (χ0v) is 16.0. The van der Waals surface area contributed by atoms with E-state index in [-0.39, 0.29) is 12.5 Å². The van der Waals surface area contributed by atoms with E-state index >= 15 is 0 Å². The topological polar surface area (TPSA) is 89.2 Å². The van der Waals surface area contributed by atoms with Crippen LogP contribution in [0.4, 0.5) is 0 Å². The lowest BCUT2D eigenvalue weighted by Gasteiger charge is -2.31. The van der Waals surface area contributed by atoms with Crippen molar-refractivity contribution in [3.63, 3.8) is 0 Å². The van der Waals surface area contributed by atoms with Crippen LogP contribution in [0.1, 0.15) is 32.3 Å². The molecular formula is C19H30N4O3. The monoisotopic (exact) mass is 362 g/mol. The molecule has 7 heteroatoms. The molecular weight excluding hydrogens is 332 g/mol. The Morgan fingerprint density at radius 2 is 2.23 bits per heavy atom. The number of hydrogen-bond acceptors (Lipinski definition) is 4. The predicted octanol–water partition coefficient (Wildman–Crippen LogP) is 1.76. The number of nitrogens with one attached hydrogen (secondary N) is 1. The Bertz CT molecular complexity index is 633. The molecule has 1 aromatic rings. The second kappa shape index (κ2) is 9.89. The number of ether oxygens (including phenoxy) is 2. The number of nitrogens with two attached hydrogens (primary N) is 1.